The first-order chi connectivity index (χ1) is 9.56. The van der Waals surface area contributed by atoms with E-state index in [1.54, 1.807) is 12.2 Å². The third kappa shape index (κ3) is 5.47. The SMILES string of the molecule is CCCCCCC(O)C=CCC1=C(O)C(O)CCC1=O. The summed E-state index contributed by atoms with van der Waals surface area (Å²) >= 11 is 0. The Hall–Kier alpha value is -1.13. The number of allylic oxidation sites excluding steroid dienone is 2. The Bertz CT molecular complexity index is 371. The topological polar surface area (TPSA) is 77.8 Å². The maximum absolute atomic E-state index is 11.6. The summed E-state index contributed by atoms with van der Waals surface area (Å²) in [5.41, 5.74) is 0.276. The van der Waals surface area contributed by atoms with Crippen LogP contribution in [-0.4, -0.2) is 33.3 Å². The Balaban J connectivity index is 2.39. The molecule has 2 atom stereocenters. The van der Waals surface area contributed by atoms with E-state index in [-0.39, 0.29) is 36.4 Å². The lowest BCUT2D eigenvalue weighted by molar-refractivity contribution is -0.117. The minimum atomic E-state index is -0.921. The molecule has 20 heavy (non-hydrogen) atoms. The molecule has 0 fully saturated rings. The Morgan fingerprint density at radius 1 is 1.35 bits per heavy atom. The molecule has 1 rings (SSSR count). The van der Waals surface area contributed by atoms with Crippen molar-refractivity contribution in [3.63, 3.8) is 0 Å². The fraction of sp³-hybridized carbons (Fsp3) is 0.688. The number of Topliss-reactive ketones (excluding diaryl/α,β-unsaturated/α-hetero) is 1. The first-order valence-corrected chi connectivity index (χ1v) is 7.54. The van der Waals surface area contributed by atoms with Crippen LogP contribution in [0.15, 0.2) is 23.5 Å². The number of hydrogen-bond acceptors (Lipinski definition) is 4. The molecule has 114 valence electrons. The number of hydrogen-bond donors (Lipinski definition) is 3. The maximum Gasteiger partial charge on any atom is 0.162 e. The summed E-state index contributed by atoms with van der Waals surface area (Å²) in [6, 6.07) is 0. The van der Waals surface area contributed by atoms with E-state index in [0.717, 1.165) is 19.3 Å². The Morgan fingerprint density at radius 2 is 2.10 bits per heavy atom. The number of ketones is 1. The van der Waals surface area contributed by atoms with Gasteiger partial charge in [-0.2, -0.15) is 0 Å². The number of unbranched alkanes of at least 4 members (excludes halogenated alkanes) is 3. The zero-order valence-corrected chi connectivity index (χ0v) is 12.2. The van der Waals surface area contributed by atoms with Crippen LogP contribution in [0.4, 0.5) is 0 Å². The van der Waals surface area contributed by atoms with Gasteiger partial charge in [0, 0.05) is 12.0 Å². The average Bonchev–Trinajstić information content (AvgIpc) is 2.43. The molecule has 0 radical (unpaired) electrons. The molecule has 4 nitrogen and oxygen atoms in total. The molecular formula is C16H26O4. The zero-order valence-electron chi connectivity index (χ0n) is 12.2. The molecule has 0 amide bonds. The van der Waals surface area contributed by atoms with Crippen LogP contribution in [0.2, 0.25) is 0 Å². The standard InChI is InChI=1S/C16H26O4/c1-2-3-4-5-7-12(17)8-6-9-13-14(18)10-11-15(19)16(13)20/h6,8,12,15,17,19-20H,2-5,7,9-11H2,1H3. The smallest absolute Gasteiger partial charge is 0.162 e. The number of aliphatic hydroxyl groups excluding tert-OH is 3. The fourth-order valence-electron chi connectivity index (χ4n) is 2.34. The number of carbonyl (C=O) groups is 1. The van der Waals surface area contributed by atoms with Crippen molar-refractivity contribution in [2.24, 2.45) is 0 Å². The van der Waals surface area contributed by atoms with Gasteiger partial charge in [-0.15, -0.1) is 0 Å². The van der Waals surface area contributed by atoms with Gasteiger partial charge in [0.1, 0.15) is 11.9 Å². The minimum Gasteiger partial charge on any atom is -0.509 e. The molecule has 0 bridgehead atoms. The van der Waals surface area contributed by atoms with E-state index in [2.05, 4.69) is 6.92 Å². The first-order valence-electron chi connectivity index (χ1n) is 7.54. The summed E-state index contributed by atoms with van der Waals surface area (Å²) in [5, 5.41) is 29.0. The van der Waals surface area contributed by atoms with Gasteiger partial charge in [0.05, 0.1) is 6.10 Å². The molecular weight excluding hydrogens is 256 g/mol. The summed E-state index contributed by atoms with van der Waals surface area (Å²) < 4.78 is 0. The lowest BCUT2D eigenvalue weighted by Gasteiger charge is -2.19. The van der Waals surface area contributed by atoms with Crippen LogP contribution >= 0.6 is 0 Å². The minimum absolute atomic E-state index is 0.116. The molecule has 0 saturated heterocycles. The van der Waals surface area contributed by atoms with Crippen molar-refractivity contribution in [3.05, 3.63) is 23.5 Å². The van der Waals surface area contributed by atoms with Crippen molar-refractivity contribution in [1.29, 1.82) is 0 Å². The lowest BCUT2D eigenvalue weighted by atomic mass is 9.92. The van der Waals surface area contributed by atoms with E-state index in [1.165, 1.54) is 12.8 Å². The van der Waals surface area contributed by atoms with Gasteiger partial charge >= 0.3 is 0 Å². The maximum atomic E-state index is 11.6. The second kappa shape index (κ2) is 8.93. The predicted octanol–water partition coefficient (Wildman–Crippen LogP) is 2.80. The first kappa shape index (κ1) is 16.9. The fourth-order valence-corrected chi connectivity index (χ4v) is 2.34. The van der Waals surface area contributed by atoms with E-state index in [0.29, 0.717) is 0 Å². The Morgan fingerprint density at radius 3 is 2.80 bits per heavy atom. The lowest BCUT2D eigenvalue weighted by Crippen LogP contribution is -2.23. The quantitative estimate of drug-likeness (QED) is 0.472. The normalized spacial score (nSPS) is 21.8. The molecule has 1 aliphatic rings. The van der Waals surface area contributed by atoms with Gasteiger partial charge in [-0.25, -0.2) is 0 Å². The van der Waals surface area contributed by atoms with E-state index in [1.807, 2.05) is 0 Å². The van der Waals surface area contributed by atoms with Crippen LogP contribution in [0.25, 0.3) is 0 Å². The Labute approximate surface area is 120 Å². The highest BCUT2D eigenvalue weighted by Gasteiger charge is 2.25. The van der Waals surface area contributed by atoms with Crippen molar-refractivity contribution >= 4 is 5.78 Å². The molecule has 0 aromatic rings. The van der Waals surface area contributed by atoms with Gasteiger partial charge in [0.15, 0.2) is 5.78 Å². The zero-order chi connectivity index (χ0) is 15.0. The summed E-state index contributed by atoms with van der Waals surface area (Å²) in [6.07, 6.45) is 7.97. The third-order valence-electron chi connectivity index (χ3n) is 3.64. The van der Waals surface area contributed by atoms with Gasteiger partial charge in [-0.05, 0) is 19.3 Å². The molecule has 1 aliphatic carbocycles. The molecule has 0 aliphatic heterocycles. The van der Waals surface area contributed by atoms with Crippen molar-refractivity contribution in [3.8, 4) is 0 Å². The van der Waals surface area contributed by atoms with Crippen LogP contribution in [-0.2, 0) is 4.79 Å². The van der Waals surface area contributed by atoms with Crippen LogP contribution in [0.3, 0.4) is 0 Å². The number of rotatable bonds is 8. The van der Waals surface area contributed by atoms with Gasteiger partial charge in [0.2, 0.25) is 0 Å². The molecule has 0 aromatic heterocycles. The number of carbonyl (C=O) groups excluding carboxylic acids is 1. The largest absolute Gasteiger partial charge is 0.509 e. The van der Waals surface area contributed by atoms with Gasteiger partial charge in [0.25, 0.3) is 0 Å². The van der Waals surface area contributed by atoms with E-state index in [9.17, 15) is 20.1 Å². The molecule has 0 saturated carbocycles. The second-order valence-corrected chi connectivity index (χ2v) is 5.39. The second-order valence-electron chi connectivity index (χ2n) is 5.39. The van der Waals surface area contributed by atoms with E-state index >= 15 is 0 Å². The molecule has 4 heteroatoms. The van der Waals surface area contributed by atoms with E-state index < -0.39 is 12.2 Å². The molecule has 0 heterocycles. The van der Waals surface area contributed by atoms with Crippen LogP contribution in [0, 0.1) is 0 Å². The summed E-state index contributed by atoms with van der Waals surface area (Å²) in [7, 11) is 0. The van der Waals surface area contributed by atoms with Crippen LogP contribution < -0.4 is 0 Å². The van der Waals surface area contributed by atoms with Crippen molar-refractivity contribution in [2.45, 2.75) is 70.5 Å². The highest BCUT2D eigenvalue weighted by Crippen LogP contribution is 2.23. The average molecular weight is 282 g/mol. The molecule has 3 N–H and O–H groups in total. The molecule has 0 spiro atoms. The van der Waals surface area contributed by atoms with Gasteiger partial charge < -0.3 is 15.3 Å². The van der Waals surface area contributed by atoms with Crippen LogP contribution in [0.1, 0.15) is 58.3 Å². The monoisotopic (exact) mass is 282 g/mol. The van der Waals surface area contributed by atoms with Gasteiger partial charge in [-0.3, -0.25) is 4.79 Å². The van der Waals surface area contributed by atoms with Crippen molar-refractivity contribution in [2.75, 3.05) is 0 Å². The number of aliphatic hydroxyl groups is 3. The van der Waals surface area contributed by atoms with E-state index in [4.69, 9.17) is 0 Å². The van der Waals surface area contributed by atoms with Gasteiger partial charge in [-0.1, -0.05) is 44.8 Å². The summed E-state index contributed by atoms with van der Waals surface area (Å²) in [4.78, 5) is 11.6. The molecule has 2 unspecified atom stereocenters. The van der Waals surface area contributed by atoms with Crippen LogP contribution in [0.5, 0.6) is 0 Å². The molecule has 0 aromatic carbocycles. The van der Waals surface area contributed by atoms with Crippen molar-refractivity contribution < 1.29 is 20.1 Å². The highest BCUT2D eigenvalue weighted by atomic mass is 16.3. The Kier molecular flexibility index (Phi) is 7.55. The third-order valence-corrected chi connectivity index (χ3v) is 3.64. The van der Waals surface area contributed by atoms with Crippen molar-refractivity contribution in [1.82, 2.24) is 0 Å². The predicted molar refractivity (Wildman–Crippen MR) is 78.4 cm³/mol. The highest BCUT2D eigenvalue weighted by molar-refractivity contribution is 5.97. The summed E-state index contributed by atoms with van der Waals surface area (Å²) in [6.45, 7) is 2.14. The summed E-state index contributed by atoms with van der Waals surface area (Å²) in [5.74, 6) is -0.321.